The molecule has 0 bridgehead atoms. The Bertz CT molecular complexity index is 347. The molecule has 1 rings (SSSR count). The lowest BCUT2D eigenvalue weighted by Crippen LogP contribution is -2.20. The quantitative estimate of drug-likeness (QED) is 0.789. The summed E-state index contributed by atoms with van der Waals surface area (Å²) in [4.78, 5) is 10.7. The Balaban J connectivity index is 2.66. The second-order valence-corrected chi connectivity index (χ2v) is 4.01. The van der Waals surface area contributed by atoms with E-state index in [9.17, 15) is 4.79 Å². The van der Waals surface area contributed by atoms with Crippen molar-refractivity contribution in [3.05, 3.63) is 29.8 Å². The van der Waals surface area contributed by atoms with Crippen molar-refractivity contribution < 1.29 is 9.53 Å². The molecular formula is C12H18N2O2. The summed E-state index contributed by atoms with van der Waals surface area (Å²) in [7, 11) is 0. The largest absolute Gasteiger partial charge is 0.491 e. The van der Waals surface area contributed by atoms with Crippen molar-refractivity contribution in [3.8, 4) is 5.75 Å². The van der Waals surface area contributed by atoms with Gasteiger partial charge in [0, 0.05) is 12.5 Å². The number of nitrogens with two attached hydrogens (primary N) is 2. The lowest BCUT2D eigenvalue weighted by Gasteiger charge is -2.12. The molecule has 0 radical (unpaired) electrons. The fourth-order valence-corrected chi connectivity index (χ4v) is 1.40. The molecule has 1 aromatic rings. The standard InChI is InChI=1S/C12H18N2O2/c1-8(2)16-10-5-3-9(4-6-10)11(13)7-12(14)15/h3-6,8,11H,7,13H2,1-2H3,(H2,14,15)/t11-/m0/s1. The summed E-state index contributed by atoms with van der Waals surface area (Å²) in [6, 6.07) is 7.05. The van der Waals surface area contributed by atoms with E-state index in [0.717, 1.165) is 11.3 Å². The van der Waals surface area contributed by atoms with Gasteiger partial charge in [0.25, 0.3) is 0 Å². The number of hydrogen-bond donors (Lipinski definition) is 2. The molecule has 0 fully saturated rings. The van der Waals surface area contributed by atoms with E-state index in [2.05, 4.69) is 0 Å². The lowest BCUT2D eigenvalue weighted by atomic mass is 10.0. The van der Waals surface area contributed by atoms with E-state index in [0.29, 0.717) is 0 Å². The fourth-order valence-electron chi connectivity index (χ4n) is 1.40. The minimum atomic E-state index is -0.394. The van der Waals surface area contributed by atoms with Crippen molar-refractivity contribution in [1.29, 1.82) is 0 Å². The number of primary amides is 1. The first-order valence-electron chi connectivity index (χ1n) is 5.29. The summed E-state index contributed by atoms with van der Waals surface area (Å²) < 4.78 is 5.50. The zero-order valence-corrected chi connectivity index (χ0v) is 9.64. The van der Waals surface area contributed by atoms with Gasteiger partial charge in [-0.05, 0) is 31.5 Å². The van der Waals surface area contributed by atoms with Gasteiger partial charge in [-0.15, -0.1) is 0 Å². The van der Waals surface area contributed by atoms with E-state index < -0.39 is 5.91 Å². The number of carbonyl (C=O) groups is 1. The third-order valence-corrected chi connectivity index (χ3v) is 2.10. The molecule has 1 amide bonds. The van der Waals surface area contributed by atoms with Gasteiger partial charge in [-0.2, -0.15) is 0 Å². The molecule has 0 heterocycles. The molecule has 0 unspecified atom stereocenters. The summed E-state index contributed by atoms with van der Waals surface area (Å²) in [5.74, 6) is 0.403. The van der Waals surface area contributed by atoms with Crippen LogP contribution in [0, 0.1) is 0 Å². The molecule has 0 saturated carbocycles. The lowest BCUT2D eigenvalue weighted by molar-refractivity contribution is -0.118. The van der Waals surface area contributed by atoms with Crippen LogP contribution in [-0.2, 0) is 4.79 Å². The van der Waals surface area contributed by atoms with Crippen molar-refractivity contribution in [1.82, 2.24) is 0 Å². The number of hydrogen-bond acceptors (Lipinski definition) is 3. The first-order valence-corrected chi connectivity index (χ1v) is 5.29. The summed E-state index contributed by atoms with van der Waals surface area (Å²) in [6.45, 7) is 3.93. The van der Waals surface area contributed by atoms with Gasteiger partial charge in [-0.1, -0.05) is 12.1 Å². The van der Waals surface area contributed by atoms with Crippen LogP contribution in [0.1, 0.15) is 31.9 Å². The van der Waals surface area contributed by atoms with Crippen molar-refractivity contribution in [2.24, 2.45) is 11.5 Å². The number of ether oxygens (including phenoxy) is 1. The molecule has 88 valence electrons. The highest BCUT2D eigenvalue weighted by atomic mass is 16.5. The van der Waals surface area contributed by atoms with E-state index in [-0.39, 0.29) is 18.6 Å². The second-order valence-electron chi connectivity index (χ2n) is 4.01. The minimum Gasteiger partial charge on any atom is -0.491 e. The summed E-state index contributed by atoms with van der Waals surface area (Å²) in [5, 5.41) is 0. The molecule has 4 nitrogen and oxygen atoms in total. The van der Waals surface area contributed by atoms with E-state index in [1.54, 1.807) is 0 Å². The van der Waals surface area contributed by atoms with Crippen LogP contribution in [0.15, 0.2) is 24.3 Å². The van der Waals surface area contributed by atoms with E-state index in [1.807, 2.05) is 38.1 Å². The third kappa shape index (κ3) is 3.90. The van der Waals surface area contributed by atoms with Gasteiger partial charge in [-0.3, -0.25) is 4.79 Å². The highest BCUT2D eigenvalue weighted by Crippen LogP contribution is 2.19. The molecule has 1 atom stereocenters. The molecule has 4 heteroatoms. The Labute approximate surface area is 95.6 Å². The first-order chi connectivity index (χ1) is 7.49. The highest BCUT2D eigenvalue weighted by Gasteiger charge is 2.09. The van der Waals surface area contributed by atoms with Crippen molar-refractivity contribution in [3.63, 3.8) is 0 Å². The third-order valence-electron chi connectivity index (χ3n) is 2.10. The van der Waals surface area contributed by atoms with Crippen LogP contribution in [0.25, 0.3) is 0 Å². The van der Waals surface area contributed by atoms with Crippen LogP contribution >= 0.6 is 0 Å². The normalized spacial score (nSPS) is 12.5. The van der Waals surface area contributed by atoms with Crippen LogP contribution in [0.5, 0.6) is 5.75 Å². The first kappa shape index (κ1) is 12.5. The molecule has 16 heavy (non-hydrogen) atoms. The molecule has 0 aliphatic heterocycles. The molecule has 0 aliphatic rings. The van der Waals surface area contributed by atoms with Crippen molar-refractivity contribution in [2.75, 3.05) is 0 Å². The molecule has 4 N–H and O–H groups in total. The number of benzene rings is 1. The maximum atomic E-state index is 10.7. The molecule has 0 aliphatic carbocycles. The van der Waals surface area contributed by atoms with E-state index in [4.69, 9.17) is 16.2 Å². The highest BCUT2D eigenvalue weighted by molar-refractivity contribution is 5.74. The van der Waals surface area contributed by atoms with Gasteiger partial charge in [0.15, 0.2) is 0 Å². The van der Waals surface area contributed by atoms with Crippen molar-refractivity contribution in [2.45, 2.75) is 32.4 Å². The number of rotatable bonds is 5. The maximum absolute atomic E-state index is 10.7. The van der Waals surface area contributed by atoms with Gasteiger partial charge < -0.3 is 16.2 Å². The Morgan fingerprint density at radius 1 is 1.31 bits per heavy atom. The molecule has 0 aromatic heterocycles. The minimum absolute atomic E-state index is 0.144. The van der Waals surface area contributed by atoms with Crippen LogP contribution < -0.4 is 16.2 Å². The average molecular weight is 222 g/mol. The van der Waals surface area contributed by atoms with E-state index >= 15 is 0 Å². The predicted molar refractivity (Wildman–Crippen MR) is 62.9 cm³/mol. The zero-order chi connectivity index (χ0) is 12.1. The van der Waals surface area contributed by atoms with E-state index in [1.165, 1.54) is 0 Å². The maximum Gasteiger partial charge on any atom is 0.219 e. The second kappa shape index (κ2) is 5.51. The smallest absolute Gasteiger partial charge is 0.219 e. The van der Waals surface area contributed by atoms with Crippen LogP contribution in [-0.4, -0.2) is 12.0 Å². The molecule has 0 spiro atoms. The van der Waals surface area contributed by atoms with Gasteiger partial charge in [0.1, 0.15) is 5.75 Å². The predicted octanol–water partition coefficient (Wildman–Crippen LogP) is 1.35. The number of carbonyl (C=O) groups excluding carboxylic acids is 1. The van der Waals surface area contributed by atoms with Crippen LogP contribution in [0.3, 0.4) is 0 Å². The van der Waals surface area contributed by atoms with Gasteiger partial charge in [0.05, 0.1) is 6.10 Å². The monoisotopic (exact) mass is 222 g/mol. The Morgan fingerprint density at radius 3 is 2.31 bits per heavy atom. The Hall–Kier alpha value is -1.55. The Morgan fingerprint density at radius 2 is 1.88 bits per heavy atom. The van der Waals surface area contributed by atoms with Crippen LogP contribution in [0.2, 0.25) is 0 Å². The fraction of sp³-hybridized carbons (Fsp3) is 0.417. The topological polar surface area (TPSA) is 78.3 Å². The average Bonchev–Trinajstić information content (AvgIpc) is 2.16. The summed E-state index contributed by atoms with van der Waals surface area (Å²) >= 11 is 0. The Kier molecular flexibility index (Phi) is 4.31. The SMILES string of the molecule is CC(C)Oc1ccc([C@@H](N)CC(N)=O)cc1. The molecular weight excluding hydrogens is 204 g/mol. The van der Waals surface area contributed by atoms with Crippen LogP contribution in [0.4, 0.5) is 0 Å². The van der Waals surface area contributed by atoms with Gasteiger partial charge in [0.2, 0.25) is 5.91 Å². The summed E-state index contributed by atoms with van der Waals surface area (Å²) in [6.07, 6.45) is 0.301. The zero-order valence-electron chi connectivity index (χ0n) is 9.64. The number of amides is 1. The van der Waals surface area contributed by atoms with Gasteiger partial charge >= 0.3 is 0 Å². The van der Waals surface area contributed by atoms with Crippen molar-refractivity contribution >= 4 is 5.91 Å². The summed E-state index contributed by atoms with van der Waals surface area (Å²) in [5.41, 5.74) is 11.8. The molecule has 0 saturated heterocycles. The van der Waals surface area contributed by atoms with Gasteiger partial charge in [-0.25, -0.2) is 0 Å². The molecule has 1 aromatic carbocycles.